The van der Waals surface area contributed by atoms with Gasteiger partial charge in [0.15, 0.2) is 0 Å². The minimum atomic E-state index is -0.260. The van der Waals surface area contributed by atoms with Crippen molar-refractivity contribution in [2.45, 2.75) is 19.9 Å². The van der Waals surface area contributed by atoms with Crippen molar-refractivity contribution >= 4 is 11.4 Å². The van der Waals surface area contributed by atoms with Gasteiger partial charge >= 0.3 is 0 Å². The minimum Gasteiger partial charge on any atom is -0.355 e. The number of hydrogen-bond donors (Lipinski definition) is 1. The van der Waals surface area contributed by atoms with E-state index >= 15 is 0 Å². The lowest BCUT2D eigenvalue weighted by molar-refractivity contribution is -0.121. The number of amides is 1. The van der Waals surface area contributed by atoms with E-state index in [1.54, 1.807) is 22.7 Å². The van der Waals surface area contributed by atoms with Crippen LogP contribution in [0.4, 0.5) is 0 Å². The van der Waals surface area contributed by atoms with Crippen LogP contribution < -0.4 is 10.9 Å². The summed E-state index contributed by atoms with van der Waals surface area (Å²) in [7, 11) is 0. The number of carbonyl (C=O) groups excluding carboxylic acids is 1. The van der Waals surface area contributed by atoms with Gasteiger partial charge in [-0.15, -0.1) is 0 Å². The predicted octanol–water partition coefficient (Wildman–Crippen LogP) is 0.0222. The summed E-state index contributed by atoms with van der Waals surface area (Å²) in [6.45, 7) is 2.54. The highest BCUT2D eigenvalue weighted by Gasteiger charge is 2.07. The second-order valence-electron chi connectivity index (χ2n) is 3.74. The first-order valence-electron chi connectivity index (χ1n) is 5.52. The molecule has 17 heavy (non-hydrogen) atoms. The van der Waals surface area contributed by atoms with Gasteiger partial charge in [0, 0.05) is 12.7 Å². The standard InChI is InChI=1S/C11H14N4O2/c1-2-5-12-10(16)7-15-11(17)9-4-3-6-14(9)8-13-15/h3-4,6,8H,2,5,7H2,1H3,(H,12,16). The summed E-state index contributed by atoms with van der Waals surface area (Å²) in [6.07, 6.45) is 4.13. The largest absolute Gasteiger partial charge is 0.355 e. The van der Waals surface area contributed by atoms with E-state index in [2.05, 4.69) is 10.4 Å². The summed E-state index contributed by atoms with van der Waals surface area (Å²) in [6, 6.07) is 3.46. The lowest BCUT2D eigenvalue weighted by Crippen LogP contribution is -2.34. The zero-order valence-corrected chi connectivity index (χ0v) is 9.59. The summed E-state index contributed by atoms with van der Waals surface area (Å²) in [4.78, 5) is 23.4. The van der Waals surface area contributed by atoms with Crippen molar-refractivity contribution in [3.8, 4) is 0 Å². The second kappa shape index (κ2) is 4.82. The van der Waals surface area contributed by atoms with Gasteiger partial charge in [0.05, 0.1) is 0 Å². The lowest BCUT2D eigenvalue weighted by atomic mass is 10.4. The van der Waals surface area contributed by atoms with Gasteiger partial charge in [-0.05, 0) is 18.6 Å². The third-order valence-corrected chi connectivity index (χ3v) is 2.41. The van der Waals surface area contributed by atoms with Crippen LogP contribution in [0.15, 0.2) is 29.5 Å². The van der Waals surface area contributed by atoms with Crippen LogP contribution in [-0.2, 0) is 11.3 Å². The average Bonchev–Trinajstić information content (AvgIpc) is 2.79. The Hall–Kier alpha value is -2.11. The van der Waals surface area contributed by atoms with Gasteiger partial charge in [-0.25, -0.2) is 4.68 Å². The zero-order valence-electron chi connectivity index (χ0n) is 9.59. The Morgan fingerprint density at radius 1 is 1.53 bits per heavy atom. The Bertz CT molecular complexity index is 584. The van der Waals surface area contributed by atoms with Crippen LogP contribution in [0.2, 0.25) is 0 Å². The van der Waals surface area contributed by atoms with Gasteiger partial charge in [-0.1, -0.05) is 6.92 Å². The Labute approximate surface area is 97.9 Å². The molecule has 0 aliphatic heterocycles. The molecule has 0 atom stereocenters. The fourth-order valence-electron chi connectivity index (χ4n) is 1.55. The Kier molecular flexibility index (Phi) is 3.22. The normalized spacial score (nSPS) is 10.6. The van der Waals surface area contributed by atoms with E-state index in [1.807, 2.05) is 6.92 Å². The number of hydrogen-bond acceptors (Lipinski definition) is 3. The van der Waals surface area contributed by atoms with E-state index in [1.165, 1.54) is 11.0 Å². The first kappa shape index (κ1) is 11.4. The first-order chi connectivity index (χ1) is 8.22. The molecule has 2 rings (SSSR count). The molecule has 1 N–H and O–H groups in total. The maximum Gasteiger partial charge on any atom is 0.291 e. The van der Waals surface area contributed by atoms with Crippen LogP contribution in [0.25, 0.3) is 5.52 Å². The fourth-order valence-corrected chi connectivity index (χ4v) is 1.55. The number of nitrogens with one attached hydrogen (secondary N) is 1. The summed E-state index contributed by atoms with van der Waals surface area (Å²) >= 11 is 0. The molecule has 0 bridgehead atoms. The summed E-state index contributed by atoms with van der Waals surface area (Å²) in [5, 5.41) is 6.64. The number of aromatic nitrogens is 3. The van der Waals surface area contributed by atoms with Gasteiger partial charge in [-0.2, -0.15) is 5.10 Å². The van der Waals surface area contributed by atoms with E-state index in [9.17, 15) is 9.59 Å². The molecule has 0 aliphatic rings. The topological polar surface area (TPSA) is 68.4 Å². The third-order valence-electron chi connectivity index (χ3n) is 2.41. The number of nitrogens with zero attached hydrogens (tertiary/aromatic N) is 3. The van der Waals surface area contributed by atoms with Gasteiger partial charge in [-0.3, -0.25) is 9.59 Å². The van der Waals surface area contributed by atoms with Crippen molar-refractivity contribution in [3.63, 3.8) is 0 Å². The summed E-state index contributed by atoms with van der Waals surface area (Å²) < 4.78 is 2.79. The molecular weight excluding hydrogens is 220 g/mol. The minimum absolute atomic E-state index is 0.0412. The molecular formula is C11H14N4O2. The van der Waals surface area contributed by atoms with Crippen LogP contribution in [0.1, 0.15) is 13.3 Å². The van der Waals surface area contributed by atoms with Crippen molar-refractivity contribution < 1.29 is 4.79 Å². The highest BCUT2D eigenvalue weighted by molar-refractivity contribution is 5.75. The molecule has 1 amide bonds. The highest BCUT2D eigenvalue weighted by Crippen LogP contribution is 1.95. The van der Waals surface area contributed by atoms with E-state index in [4.69, 9.17) is 0 Å². The van der Waals surface area contributed by atoms with Crippen molar-refractivity contribution in [3.05, 3.63) is 35.0 Å². The van der Waals surface area contributed by atoms with Crippen LogP contribution in [-0.4, -0.2) is 26.6 Å². The van der Waals surface area contributed by atoms with Crippen LogP contribution in [0.5, 0.6) is 0 Å². The van der Waals surface area contributed by atoms with Crippen molar-refractivity contribution in [1.82, 2.24) is 19.5 Å². The molecule has 2 aromatic rings. The number of fused-ring (bicyclic) bond motifs is 1. The summed E-state index contributed by atoms with van der Waals surface area (Å²) in [5.41, 5.74) is 0.257. The van der Waals surface area contributed by atoms with Crippen molar-refractivity contribution in [1.29, 1.82) is 0 Å². The van der Waals surface area contributed by atoms with Gasteiger partial charge in [0.1, 0.15) is 18.4 Å². The molecule has 0 unspecified atom stereocenters. The molecule has 2 heterocycles. The molecule has 6 heteroatoms. The van der Waals surface area contributed by atoms with Crippen molar-refractivity contribution in [2.24, 2.45) is 0 Å². The molecule has 0 radical (unpaired) electrons. The summed E-state index contributed by atoms with van der Waals surface area (Å²) in [5.74, 6) is -0.197. The maximum atomic E-state index is 11.9. The second-order valence-corrected chi connectivity index (χ2v) is 3.74. The molecule has 0 fully saturated rings. The van der Waals surface area contributed by atoms with E-state index in [-0.39, 0.29) is 18.0 Å². The van der Waals surface area contributed by atoms with Gasteiger partial charge < -0.3 is 9.72 Å². The number of rotatable bonds is 4. The molecule has 0 saturated carbocycles. The van der Waals surface area contributed by atoms with Gasteiger partial charge in [0.2, 0.25) is 5.91 Å². The quantitative estimate of drug-likeness (QED) is 0.811. The number of carbonyl (C=O) groups is 1. The molecule has 6 nitrogen and oxygen atoms in total. The predicted molar refractivity (Wildman–Crippen MR) is 62.8 cm³/mol. The van der Waals surface area contributed by atoms with Crippen LogP contribution in [0, 0.1) is 0 Å². The zero-order chi connectivity index (χ0) is 12.3. The van der Waals surface area contributed by atoms with E-state index in [0.717, 1.165) is 6.42 Å². The third kappa shape index (κ3) is 2.35. The Morgan fingerprint density at radius 3 is 3.12 bits per heavy atom. The van der Waals surface area contributed by atoms with E-state index < -0.39 is 0 Å². The maximum absolute atomic E-state index is 11.9. The van der Waals surface area contributed by atoms with E-state index in [0.29, 0.717) is 12.1 Å². The lowest BCUT2D eigenvalue weighted by Gasteiger charge is -2.05. The average molecular weight is 234 g/mol. The van der Waals surface area contributed by atoms with Gasteiger partial charge in [0.25, 0.3) is 5.56 Å². The highest BCUT2D eigenvalue weighted by atomic mass is 16.2. The Morgan fingerprint density at radius 2 is 2.35 bits per heavy atom. The molecule has 0 spiro atoms. The molecule has 0 saturated heterocycles. The smallest absolute Gasteiger partial charge is 0.291 e. The first-order valence-corrected chi connectivity index (χ1v) is 5.52. The molecule has 90 valence electrons. The monoisotopic (exact) mass is 234 g/mol. The SMILES string of the molecule is CCCNC(=O)Cn1ncn2cccc2c1=O. The fraction of sp³-hybridized carbons (Fsp3) is 0.364. The van der Waals surface area contributed by atoms with Crippen LogP contribution >= 0.6 is 0 Å². The Balaban J connectivity index is 2.21. The molecule has 2 aromatic heterocycles. The van der Waals surface area contributed by atoms with Crippen LogP contribution in [0.3, 0.4) is 0 Å². The van der Waals surface area contributed by atoms with Crippen molar-refractivity contribution in [2.75, 3.05) is 6.54 Å². The molecule has 0 aliphatic carbocycles. The molecule has 0 aromatic carbocycles.